The molecule has 1 unspecified atom stereocenters. The second-order valence-electron chi connectivity index (χ2n) is 8.74. The molecule has 3 rings (SSSR count). The zero-order valence-electron chi connectivity index (χ0n) is 15.8. The third-order valence-corrected chi connectivity index (χ3v) is 5.72. The van der Waals surface area contributed by atoms with Gasteiger partial charge < -0.3 is 9.64 Å². The Morgan fingerprint density at radius 3 is 2.25 bits per heavy atom. The van der Waals surface area contributed by atoms with E-state index in [2.05, 4.69) is 9.80 Å². The smallest absolute Gasteiger partial charge is 0.410 e. The minimum Gasteiger partial charge on any atom is -0.444 e. The summed E-state index contributed by atoms with van der Waals surface area (Å²) in [5.41, 5.74) is -0.406. The molecule has 2 heterocycles. The summed E-state index contributed by atoms with van der Waals surface area (Å²) in [6.45, 7) is 12.4. The first kappa shape index (κ1) is 18.0. The van der Waals surface area contributed by atoms with Gasteiger partial charge in [0.2, 0.25) is 0 Å². The van der Waals surface area contributed by atoms with Gasteiger partial charge in [0.1, 0.15) is 5.60 Å². The van der Waals surface area contributed by atoms with Crippen LogP contribution >= 0.6 is 0 Å². The van der Waals surface area contributed by atoms with Crippen LogP contribution in [0.15, 0.2) is 0 Å². The van der Waals surface area contributed by atoms with E-state index in [-0.39, 0.29) is 6.09 Å². The number of hydrogen-bond donors (Lipinski definition) is 0. The van der Waals surface area contributed by atoms with Crippen LogP contribution in [-0.4, -0.2) is 77.7 Å². The summed E-state index contributed by atoms with van der Waals surface area (Å²) in [5.74, 6) is 0. The Morgan fingerprint density at radius 1 is 0.958 bits per heavy atom. The number of carbonyl (C=O) groups is 1. The molecule has 24 heavy (non-hydrogen) atoms. The lowest BCUT2D eigenvalue weighted by molar-refractivity contribution is 0.0167. The quantitative estimate of drug-likeness (QED) is 0.793. The lowest BCUT2D eigenvalue weighted by Gasteiger charge is -2.40. The highest BCUT2D eigenvalue weighted by Crippen LogP contribution is 2.25. The third kappa shape index (κ3) is 4.63. The van der Waals surface area contributed by atoms with Crippen LogP contribution in [-0.2, 0) is 4.74 Å². The molecule has 0 spiro atoms. The Labute approximate surface area is 147 Å². The van der Waals surface area contributed by atoms with E-state index in [0.717, 1.165) is 45.1 Å². The number of likely N-dealkylation sites (tertiary alicyclic amines) is 1. The zero-order valence-corrected chi connectivity index (χ0v) is 15.8. The number of piperazine rings is 1. The van der Waals surface area contributed by atoms with Gasteiger partial charge in [0.15, 0.2) is 0 Å². The van der Waals surface area contributed by atoms with Crippen molar-refractivity contribution in [1.29, 1.82) is 0 Å². The number of hydrogen-bond acceptors (Lipinski definition) is 4. The van der Waals surface area contributed by atoms with Gasteiger partial charge in [-0.25, -0.2) is 4.79 Å². The summed E-state index contributed by atoms with van der Waals surface area (Å²) >= 11 is 0. The minimum absolute atomic E-state index is 0.130. The first-order valence-electron chi connectivity index (χ1n) is 9.88. The molecule has 1 atom stereocenters. The van der Waals surface area contributed by atoms with Crippen LogP contribution in [0, 0.1) is 0 Å². The normalized spacial score (nSPS) is 27.8. The van der Waals surface area contributed by atoms with Crippen LogP contribution in [0.25, 0.3) is 0 Å². The van der Waals surface area contributed by atoms with E-state index in [1.54, 1.807) is 0 Å². The van der Waals surface area contributed by atoms with Gasteiger partial charge in [-0.3, -0.25) is 9.80 Å². The molecule has 1 amide bonds. The monoisotopic (exact) mass is 337 g/mol. The summed E-state index contributed by atoms with van der Waals surface area (Å²) in [7, 11) is 0. The van der Waals surface area contributed by atoms with Crippen molar-refractivity contribution < 1.29 is 9.53 Å². The fourth-order valence-corrected chi connectivity index (χ4v) is 4.46. The van der Waals surface area contributed by atoms with Crippen LogP contribution in [0.5, 0.6) is 0 Å². The molecule has 2 saturated heterocycles. The predicted molar refractivity (Wildman–Crippen MR) is 96.2 cm³/mol. The summed E-state index contributed by atoms with van der Waals surface area (Å²) in [4.78, 5) is 19.6. The largest absolute Gasteiger partial charge is 0.444 e. The second-order valence-corrected chi connectivity index (χ2v) is 8.74. The van der Waals surface area contributed by atoms with Crippen LogP contribution in [0.4, 0.5) is 4.79 Å². The van der Waals surface area contributed by atoms with E-state index in [1.165, 1.54) is 38.8 Å². The molecule has 2 aliphatic heterocycles. The SMILES string of the molecule is CC(C)(C)OC(=O)N1CCCC1CN1CCN(C2CCCC2)CC1. The van der Waals surface area contributed by atoms with Gasteiger partial charge in [-0.1, -0.05) is 12.8 Å². The number of ether oxygens (including phenoxy) is 1. The minimum atomic E-state index is -0.406. The highest BCUT2D eigenvalue weighted by molar-refractivity contribution is 5.69. The Balaban J connectivity index is 1.46. The van der Waals surface area contributed by atoms with E-state index in [9.17, 15) is 4.79 Å². The standard InChI is InChI=1S/C19H35N3O2/c1-19(2,3)24-18(23)22-10-6-9-17(22)15-20-11-13-21(14-12-20)16-7-4-5-8-16/h16-17H,4-15H2,1-3H3. The molecule has 0 aromatic heterocycles. The first-order chi connectivity index (χ1) is 11.4. The molecule has 1 aliphatic carbocycles. The molecule has 5 heteroatoms. The Morgan fingerprint density at radius 2 is 1.62 bits per heavy atom. The Kier molecular flexibility index (Phi) is 5.70. The molecule has 3 fully saturated rings. The molecule has 0 N–H and O–H groups in total. The molecule has 3 aliphatic rings. The maximum atomic E-state index is 12.4. The van der Waals surface area contributed by atoms with Crippen LogP contribution in [0.3, 0.4) is 0 Å². The molecular formula is C19H35N3O2. The van der Waals surface area contributed by atoms with E-state index in [1.807, 2.05) is 25.7 Å². The van der Waals surface area contributed by atoms with E-state index >= 15 is 0 Å². The fraction of sp³-hybridized carbons (Fsp3) is 0.947. The fourth-order valence-electron chi connectivity index (χ4n) is 4.46. The topological polar surface area (TPSA) is 36.0 Å². The van der Waals surface area contributed by atoms with E-state index < -0.39 is 5.60 Å². The molecular weight excluding hydrogens is 302 g/mol. The molecule has 0 aromatic carbocycles. The summed E-state index contributed by atoms with van der Waals surface area (Å²) in [5, 5.41) is 0. The second kappa shape index (κ2) is 7.61. The van der Waals surface area contributed by atoms with E-state index in [0.29, 0.717) is 6.04 Å². The van der Waals surface area contributed by atoms with Gasteiger partial charge in [0.25, 0.3) is 0 Å². The number of nitrogens with zero attached hydrogens (tertiary/aromatic N) is 3. The average Bonchev–Trinajstić information content (AvgIpc) is 3.17. The van der Waals surface area contributed by atoms with Crippen LogP contribution in [0.2, 0.25) is 0 Å². The first-order valence-corrected chi connectivity index (χ1v) is 9.88. The number of rotatable bonds is 3. The molecule has 0 aromatic rings. The Hall–Kier alpha value is -0.810. The van der Waals surface area contributed by atoms with Gasteiger partial charge >= 0.3 is 6.09 Å². The highest BCUT2D eigenvalue weighted by atomic mass is 16.6. The van der Waals surface area contributed by atoms with Gasteiger partial charge in [-0.15, -0.1) is 0 Å². The lowest BCUT2D eigenvalue weighted by Crippen LogP contribution is -2.53. The highest BCUT2D eigenvalue weighted by Gasteiger charge is 2.34. The van der Waals surface area contributed by atoms with Crippen molar-refractivity contribution in [3.05, 3.63) is 0 Å². The van der Waals surface area contributed by atoms with Gasteiger partial charge in [-0.05, 0) is 46.5 Å². The van der Waals surface area contributed by atoms with Crippen molar-refractivity contribution in [1.82, 2.24) is 14.7 Å². The maximum Gasteiger partial charge on any atom is 0.410 e. The zero-order chi connectivity index (χ0) is 17.2. The van der Waals surface area contributed by atoms with Crippen molar-refractivity contribution in [2.75, 3.05) is 39.3 Å². The molecule has 0 bridgehead atoms. The molecule has 0 radical (unpaired) electrons. The van der Waals surface area contributed by atoms with Gasteiger partial charge in [0, 0.05) is 51.4 Å². The van der Waals surface area contributed by atoms with Gasteiger partial charge in [0.05, 0.1) is 0 Å². The van der Waals surface area contributed by atoms with Crippen LogP contribution < -0.4 is 0 Å². The predicted octanol–water partition coefficient (Wildman–Crippen LogP) is 2.95. The van der Waals surface area contributed by atoms with Crippen molar-refractivity contribution >= 4 is 6.09 Å². The number of amides is 1. The molecule has 5 nitrogen and oxygen atoms in total. The third-order valence-electron chi connectivity index (χ3n) is 5.72. The number of carbonyl (C=O) groups excluding carboxylic acids is 1. The van der Waals surface area contributed by atoms with Crippen molar-refractivity contribution in [2.45, 2.75) is 77.0 Å². The van der Waals surface area contributed by atoms with Crippen molar-refractivity contribution in [3.63, 3.8) is 0 Å². The van der Waals surface area contributed by atoms with Crippen molar-refractivity contribution in [3.8, 4) is 0 Å². The van der Waals surface area contributed by atoms with Crippen molar-refractivity contribution in [2.24, 2.45) is 0 Å². The summed E-state index contributed by atoms with van der Waals surface area (Å²) in [6.07, 6.45) is 7.71. The maximum absolute atomic E-state index is 12.4. The van der Waals surface area contributed by atoms with Crippen LogP contribution in [0.1, 0.15) is 59.3 Å². The molecule has 138 valence electrons. The molecule has 1 saturated carbocycles. The summed E-state index contributed by atoms with van der Waals surface area (Å²) < 4.78 is 5.59. The Bertz CT molecular complexity index is 421. The average molecular weight is 338 g/mol. The lowest BCUT2D eigenvalue weighted by atomic mass is 10.1. The summed E-state index contributed by atoms with van der Waals surface area (Å²) in [6, 6.07) is 1.18. The van der Waals surface area contributed by atoms with E-state index in [4.69, 9.17) is 4.74 Å². The van der Waals surface area contributed by atoms with Gasteiger partial charge in [-0.2, -0.15) is 0 Å².